The van der Waals surface area contributed by atoms with Crippen molar-refractivity contribution in [1.29, 1.82) is 0 Å². The second-order valence-electron chi connectivity index (χ2n) is 4.23. The fourth-order valence-corrected chi connectivity index (χ4v) is 2.28. The van der Waals surface area contributed by atoms with E-state index in [0.29, 0.717) is 29.4 Å². The number of rotatable bonds is 5. The maximum atomic E-state index is 11.7. The van der Waals surface area contributed by atoms with Gasteiger partial charge in [-0.1, -0.05) is 29.3 Å². The highest BCUT2D eigenvalue weighted by Gasteiger charge is 2.05. The zero-order chi connectivity index (χ0) is 13.7. The number of carbonyl (C=O) groups excluding carboxylic acids is 1. The predicted molar refractivity (Wildman–Crippen MR) is 77.7 cm³/mol. The van der Waals surface area contributed by atoms with Gasteiger partial charge in [-0.3, -0.25) is 4.79 Å². The molecule has 0 radical (unpaired) electrons. The Morgan fingerprint density at radius 3 is 2.79 bits per heavy atom. The quantitative estimate of drug-likeness (QED) is 0.874. The Morgan fingerprint density at radius 2 is 2.11 bits per heavy atom. The van der Waals surface area contributed by atoms with Crippen LogP contribution in [0, 0.1) is 0 Å². The normalized spacial score (nSPS) is 10.4. The Kier molecular flexibility index (Phi) is 4.88. The molecule has 0 atom stereocenters. The summed E-state index contributed by atoms with van der Waals surface area (Å²) in [5.74, 6) is 0.00434. The van der Waals surface area contributed by atoms with E-state index in [1.165, 1.54) is 0 Å². The van der Waals surface area contributed by atoms with Crippen LogP contribution in [0.3, 0.4) is 0 Å². The predicted octanol–water partition coefficient (Wildman–Crippen LogP) is 3.22. The molecule has 2 rings (SSSR count). The Morgan fingerprint density at radius 1 is 1.26 bits per heavy atom. The first kappa shape index (κ1) is 14.0. The molecule has 5 heteroatoms. The van der Waals surface area contributed by atoms with Crippen molar-refractivity contribution in [2.45, 2.75) is 12.8 Å². The molecule has 2 N–H and O–H groups in total. The summed E-state index contributed by atoms with van der Waals surface area (Å²) in [6, 6.07) is 7.27. The van der Waals surface area contributed by atoms with Crippen molar-refractivity contribution in [1.82, 2.24) is 10.3 Å². The smallest absolute Gasteiger partial charge is 0.224 e. The van der Waals surface area contributed by atoms with Crippen LogP contribution in [-0.4, -0.2) is 17.4 Å². The van der Waals surface area contributed by atoms with E-state index >= 15 is 0 Å². The van der Waals surface area contributed by atoms with Crippen LogP contribution in [0.4, 0.5) is 0 Å². The molecule has 0 aliphatic rings. The zero-order valence-corrected chi connectivity index (χ0v) is 11.8. The van der Waals surface area contributed by atoms with Crippen LogP contribution in [0.1, 0.15) is 11.1 Å². The molecule has 1 aromatic heterocycles. The van der Waals surface area contributed by atoms with Crippen LogP contribution in [0.5, 0.6) is 0 Å². The lowest BCUT2D eigenvalue weighted by Gasteiger charge is -2.06. The largest absolute Gasteiger partial charge is 0.367 e. The van der Waals surface area contributed by atoms with Gasteiger partial charge < -0.3 is 10.3 Å². The monoisotopic (exact) mass is 296 g/mol. The molecule has 0 aliphatic carbocycles. The molecule has 3 nitrogen and oxygen atoms in total. The highest BCUT2D eigenvalue weighted by molar-refractivity contribution is 6.35. The van der Waals surface area contributed by atoms with Crippen LogP contribution < -0.4 is 5.32 Å². The first-order valence-corrected chi connectivity index (χ1v) is 6.73. The second-order valence-corrected chi connectivity index (χ2v) is 5.08. The molecule has 2 aromatic rings. The van der Waals surface area contributed by atoms with E-state index in [-0.39, 0.29) is 5.91 Å². The van der Waals surface area contributed by atoms with Crippen LogP contribution in [-0.2, 0) is 17.6 Å². The average Bonchev–Trinajstić information content (AvgIpc) is 2.84. The van der Waals surface area contributed by atoms with Gasteiger partial charge in [-0.2, -0.15) is 0 Å². The molecular formula is C14H14Cl2N2O. The molecule has 0 saturated carbocycles. The Labute approximate surface area is 121 Å². The minimum absolute atomic E-state index is 0.00434. The number of halogens is 2. The van der Waals surface area contributed by atoms with Gasteiger partial charge >= 0.3 is 0 Å². The van der Waals surface area contributed by atoms with E-state index in [1.54, 1.807) is 18.3 Å². The van der Waals surface area contributed by atoms with Crippen molar-refractivity contribution in [2.75, 3.05) is 6.54 Å². The van der Waals surface area contributed by atoms with E-state index < -0.39 is 0 Å². The number of aromatic nitrogens is 1. The van der Waals surface area contributed by atoms with Gasteiger partial charge in [0.05, 0.1) is 6.42 Å². The summed E-state index contributed by atoms with van der Waals surface area (Å²) in [6.45, 7) is 0.560. The highest BCUT2D eigenvalue weighted by atomic mass is 35.5. The summed E-state index contributed by atoms with van der Waals surface area (Å²) < 4.78 is 0. The summed E-state index contributed by atoms with van der Waals surface area (Å²) in [4.78, 5) is 14.6. The molecule has 0 bridgehead atoms. The summed E-state index contributed by atoms with van der Waals surface area (Å²) >= 11 is 11.9. The fourth-order valence-electron chi connectivity index (χ4n) is 1.78. The third-order valence-corrected chi connectivity index (χ3v) is 3.35. The standard InChI is InChI=1S/C14H14Cl2N2O/c15-12-2-1-11(13(16)8-12)4-6-18-14(19)7-10-3-5-17-9-10/h1-3,5,8-9,17H,4,6-7H2,(H,18,19). The first-order chi connectivity index (χ1) is 9.15. The topological polar surface area (TPSA) is 44.9 Å². The minimum Gasteiger partial charge on any atom is -0.367 e. The molecule has 1 heterocycles. The lowest BCUT2D eigenvalue weighted by atomic mass is 10.1. The van der Waals surface area contributed by atoms with Crippen LogP contribution >= 0.6 is 23.2 Å². The lowest BCUT2D eigenvalue weighted by Crippen LogP contribution is -2.27. The average molecular weight is 297 g/mol. The minimum atomic E-state index is 0.00434. The summed E-state index contributed by atoms with van der Waals surface area (Å²) in [6.07, 6.45) is 4.69. The maximum Gasteiger partial charge on any atom is 0.224 e. The first-order valence-electron chi connectivity index (χ1n) is 5.97. The van der Waals surface area contributed by atoms with Gasteiger partial charge in [-0.15, -0.1) is 0 Å². The van der Waals surface area contributed by atoms with Gasteiger partial charge in [-0.05, 0) is 35.7 Å². The third kappa shape index (κ3) is 4.30. The van der Waals surface area contributed by atoms with Crippen molar-refractivity contribution in [3.63, 3.8) is 0 Å². The SMILES string of the molecule is O=C(Cc1cc[nH]c1)NCCc1ccc(Cl)cc1Cl. The van der Waals surface area contributed by atoms with Gasteiger partial charge in [-0.25, -0.2) is 0 Å². The van der Waals surface area contributed by atoms with Crippen molar-refractivity contribution in [3.8, 4) is 0 Å². The van der Waals surface area contributed by atoms with Crippen molar-refractivity contribution >= 4 is 29.1 Å². The molecule has 100 valence electrons. The molecule has 19 heavy (non-hydrogen) atoms. The fraction of sp³-hybridized carbons (Fsp3) is 0.214. The molecule has 1 amide bonds. The van der Waals surface area contributed by atoms with Crippen LogP contribution in [0.15, 0.2) is 36.7 Å². The van der Waals surface area contributed by atoms with Crippen LogP contribution in [0.25, 0.3) is 0 Å². The van der Waals surface area contributed by atoms with Crippen LogP contribution in [0.2, 0.25) is 10.0 Å². The van der Waals surface area contributed by atoms with Gasteiger partial charge in [0, 0.05) is 29.0 Å². The van der Waals surface area contributed by atoms with Crippen molar-refractivity contribution < 1.29 is 4.79 Å². The zero-order valence-electron chi connectivity index (χ0n) is 10.2. The van der Waals surface area contributed by atoms with Crippen molar-refractivity contribution in [2.24, 2.45) is 0 Å². The van der Waals surface area contributed by atoms with Crippen molar-refractivity contribution in [3.05, 3.63) is 57.8 Å². The van der Waals surface area contributed by atoms with Gasteiger partial charge in [0.2, 0.25) is 5.91 Å². The molecular weight excluding hydrogens is 283 g/mol. The number of amides is 1. The Bertz CT molecular complexity index is 553. The molecule has 0 aliphatic heterocycles. The number of carbonyl (C=O) groups is 1. The number of hydrogen-bond donors (Lipinski definition) is 2. The van der Waals surface area contributed by atoms with E-state index in [2.05, 4.69) is 10.3 Å². The highest BCUT2D eigenvalue weighted by Crippen LogP contribution is 2.20. The van der Waals surface area contributed by atoms with E-state index in [9.17, 15) is 4.79 Å². The van der Waals surface area contributed by atoms with E-state index in [1.807, 2.05) is 18.3 Å². The van der Waals surface area contributed by atoms with Gasteiger partial charge in [0.15, 0.2) is 0 Å². The summed E-state index contributed by atoms with van der Waals surface area (Å²) in [7, 11) is 0. The maximum absolute atomic E-state index is 11.7. The lowest BCUT2D eigenvalue weighted by molar-refractivity contribution is -0.120. The Hall–Kier alpha value is -1.45. The van der Waals surface area contributed by atoms with Gasteiger partial charge in [0.25, 0.3) is 0 Å². The summed E-state index contributed by atoms with van der Waals surface area (Å²) in [5, 5.41) is 4.11. The molecule has 0 unspecified atom stereocenters. The molecule has 0 spiro atoms. The number of nitrogens with one attached hydrogen (secondary N) is 2. The van der Waals surface area contributed by atoms with Gasteiger partial charge in [0.1, 0.15) is 0 Å². The Balaban J connectivity index is 1.78. The van der Waals surface area contributed by atoms with E-state index in [0.717, 1.165) is 11.1 Å². The number of aromatic amines is 1. The number of H-pyrrole nitrogens is 1. The molecule has 0 fully saturated rings. The van der Waals surface area contributed by atoms with E-state index in [4.69, 9.17) is 23.2 Å². The third-order valence-electron chi connectivity index (χ3n) is 2.76. The molecule has 0 saturated heterocycles. The summed E-state index contributed by atoms with van der Waals surface area (Å²) in [5.41, 5.74) is 1.95. The number of hydrogen-bond acceptors (Lipinski definition) is 1. The molecule has 1 aromatic carbocycles. The second kappa shape index (κ2) is 6.64. The number of benzene rings is 1.